The predicted molar refractivity (Wildman–Crippen MR) is 112 cm³/mol. The van der Waals surface area contributed by atoms with Crippen LogP contribution in [0, 0.1) is 26.6 Å². The molecule has 1 heterocycles. The minimum atomic E-state index is -0.389. The standard InChI is InChI=1S/C21H23FN4O2S/c1-13-8-9-16(22)10-17(13)23-19(27)12-29-21-25-24-18(26(21)4)11-28-20-14(2)6-5-7-15(20)3/h5-10H,11-12H2,1-4H3,(H,23,27). The van der Waals surface area contributed by atoms with Gasteiger partial charge in [0.2, 0.25) is 5.91 Å². The van der Waals surface area contributed by atoms with E-state index in [-0.39, 0.29) is 24.1 Å². The third kappa shape index (κ3) is 5.14. The number of ether oxygens (including phenoxy) is 1. The fraction of sp³-hybridized carbons (Fsp3) is 0.286. The second kappa shape index (κ2) is 9.09. The Morgan fingerprint density at radius 3 is 2.59 bits per heavy atom. The largest absolute Gasteiger partial charge is 0.485 e. The molecule has 0 fully saturated rings. The van der Waals surface area contributed by atoms with Crippen LogP contribution in [0.15, 0.2) is 41.6 Å². The van der Waals surface area contributed by atoms with E-state index in [2.05, 4.69) is 15.5 Å². The molecule has 0 bridgehead atoms. The lowest BCUT2D eigenvalue weighted by Gasteiger charge is -2.11. The smallest absolute Gasteiger partial charge is 0.234 e. The van der Waals surface area contributed by atoms with Crippen molar-refractivity contribution in [3.63, 3.8) is 0 Å². The molecule has 1 aromatic heterocycles. The number of rotatable bonds is 7. The van der Waals surface area contributed by atoms with Crippen molar-refractivity contribution < 1.29 is 13.9 Å². The van der Waals surface area contributed by atoms with E-state index in [1.165, 1.54) is 23.9 Å². The van der Waals surface area contributed by atoms with Gasteiger partial charge in [-0.25, -0.2) is 4.39 Å². The lowest BCUT2D eigenvalue weighted by atomic mass is 10.1. The Labute approximate surface area is 173 Å². The molecule has 8 heteroatoms. The zero-order valence-electron chi connectivity index (χ0n) is 16.8. The van der Waals surface area contributed by atoms with Crippen LogP contribution in [-0.2, 0) is 18.4 Å². The molecule has 152 valence electrons. The SMILES string of the molecule is Cc1ccc(F)cc1NC(=O)CSc1nnc(COc2c(C)cccc2C)n1C. The van der Waals surface area contributed by atoms with Gasteiger partial charge in [0.15, 0.2) is 11.0 Å². The average molecular weight is 415 g/mol. The first-order chi connectivity index (χ1) is 13.8. The molecule has 0 saturated heterocycles. The number of thioether (sulfide) groups is 1. The summed E-state index contributed by atoms with van der Waals surface area (Å²) in [7, 11) is 1.83. The summed E-state index contributed by atoms with van der Waals surface area (Å²) in [6.45, 7) is 6.09. The number of hydrogen-bond acceptors (Lipinski definition) is 5. The van der Waals surface area contributed by atoms with Crippen LogP contribution in [0.25, 0.3) is 0 Å². The maximum Gasteiger partial charge on any atom is 0.234 e. The fourth-order valence-electron chi connectivity index (χ4n) is 2.81. The molecule has 6 nitrogen and oxygen atoms in total. The highest BCUT2D eigenvalue weighted by atomic mass is 32.2. The van der Waals surface area contributed by atoms with Crippen molar-refractivity contribution in [1.29, 1.82) is 0 Å². The van der Waals surface area contributed by atoms with Crippen molar-refractivity contribution in [2.45, 2.75) is 32.5 Å². The van der Waals surface area contributed by atoms with Crippen molar-refractivity contribution in [1.82, 2.24) is 14.8 Å². The predicted octanol–water partition coefficient (Wildman–Crippen LogP) is 4.19. The Morgan fingerprint density at radius 2 is 1.86 bits per heavy atom. The van der Waals surface area contributed by atoms with Gasteiger partial charge in [-0.2, -0.15) is 0 Å². The van der Waals surface area contributed by atoms with Gasteiger partial charge in [0, 0.05) is 12.7 Å². The van der Waals surface area contributed by atoms with Crippen LogP contribution >= 0.6 is 11.8 Å². The molecule has 0 radical (unpaired) electrons. The van der Waals surface area contributed by atoms with Crippen LogP contribution in [0.5, 0.6) is 5.75 Å². The Bertz CT molecular complexity index is 1020. The van der Waals surface area contributed by atoms with E-state index in [4.69, 9.17) is 4.74 Å². The lowest BCUT2D eigenvalue weighted by Crippen LogP contribution is -2.15. The molecule has 3 rings (SSSR count). The minimum absolute atomic E-state index is 0.139. The number of benzene rings is 2. The average Bonchev–Trinajstić information content (AvgIpc) is 3.02. The molecule has 0 unspecified atom stereocenters. The van der Waals surface area contributed by atoms with Crippen LogP contribution in [-0.4, -0.2) is 26.4 Å². The molecule has 1 N–H and O–H groups in total. The Balaban J connectivity index is 1.58. The van der Waals surface area contributed by atoms with E-state index >= 15 is 0 Å². The van der Waals surface area contributed by atoms with Gasteiger partial charge in [0.25, 0.3) is 0 Å². The molecular weight excluding hydrogens is 391 g/mol. The van der Waals surface area contributed by atoms with Gasteiger partial charge in [-0.3, -0.25) is 4.79 Å². The normalized spacial score (nSPS) is 10.8. The molecule has 0 aliphatic heterocycles. The van der Waals surface area contributed by atoms with Crippen molar-refractivity contribution in [3.8, 4) is 5.75 Å². The first kappa shape index (κ1) is 20.9. The summed E-state index contributed by atoms with van der Waals surface area (Å²) in [6.07, 6.45) is 0. The highest BCUT2D eigenvalue weighted by molar-refractivity contribution is 7.99. The summed E-state index contributed by atoms with van der Waals surface area (Å²) in [5, 5.41) is 11.6. The summed E-state index contributed by atoms with van der Waals surface area (Å²) in [5.41, 5.74) is 3.39. The number of aromatic nitrogens is 3. The van der Waals surface area contributed by atoms with Gasteiger partial charge in [0.05, 0.1) is 5.75 Å². The second-order valence-corrected chi connectivity index (χ2v) is 7.71. The number of nitrogens with one attached hydrogen (secondary N) is 1. The van der Waals surface area contributed by atoms with Gasteiger partial charge in [-0.05, 0) is 49.6 Å². The number of anilines is 1. The highest BCUT2D eigenvalue weighted by Gasteiger charge is 2.14. The molecule has 29 heavy (non-hydrogen) atoms. The third-order valence-electron chi connectivity index (χ3n) is 4.49. The molecule has 0 saturated carbocycles. The number of para-hydroxylation sites is 1. The summed E-state index contributed by atoms with van der Waals surface area (Å²) in [4.78, 5) is 12.2. The summed E-state index contributed by atoms with van der Waals surface area (Å²) < 4.78 is 21.1. The van der Waals surface area contributed by atoms with Crippen LogP contribution in [0.1, 0.15) is 22.5 Å². The number of amides is 1. The molecule has 3 aromatic rings. The molecular formula is C21H23FN4O2S. The zero-order valence-corrected chi connectivity index (χ0v) is 17.6. The highest BCUT2D eigenvalue weighted by Crippen LogP contribution is 2.24. The summed E-state index contributed by atoms with van der Waals surface area (Å²) in [6, 6.07) is 10.3. The van der Waals surface area contributed by atoms with Crippen molar-refractivity contribution >= 4 is 23.4 Å². The van der Waals surface area contributed by atoms with Gasteiger partial charge < -0.3 is 14.6 Å². The third-order valence-corrected chi connectivity index (χ3v) is 5.51. The topological polar surface area (TPSA) is 69.0 Å². The maximum atomic E-state index is 13.4. The first-order valence-corrected chi connectivity index (χ1v) is 10.1. The minimum Gasteiger partial charge on any atom is -0.485 e. The monoisotopic (exact) mass is 414 g/mol. The quantitative estimate of drug-likeness (QED) is 0.587. The zero-order chi connectivity index (χ0) is 21.0. The Morgan fingerprint density at radius 1 is 1.14 bits per heavy atom. The van der Waals surface area contributed by atoms with Gasteiger partial charge in [-0.15, -0.1) is 10.2 Å². The number of aryl methyl sites for hydroxylation is 3. The van der Waals surface area contributed by atoms with E-state index < -0.39 is 0 Å². The van der Waals surface area contributed by atoms with E-state index in [0.29, 0.717) is 16.7 Å². The number of carbonyl (C=O) groups excluding carboxylic acids is 1. The van der Waals surface area contributed by atoms with Crippen molar-refractivity contribution in [2.24, 2.45) is 7.05 Å². The van der Waals surface area contributed by atoms with Gasteiger partial charge in [-0.1, -0.05) is 36.0 Å². The van der Waals surface area contributed by atoms with Crippen molar-refractivity contribution in [3.05, 3.63) is 64.7 Å². The second-order valence-electron chi connectivity index (χ2n) is 6.76. The molecule has 2 aromatic carbocycles. The Hall–Kier alpha value is -2.87. The van der Waals surface area contributed by atoms with Gasteiger partial charge >= 0.3 is 0 Å². The number of hydrogen-bond donors (Lipinski definition) is 1. The van der Waals surface area contributed by atoms with Gasteiger partial charge in [0.1, 0.15) is 18.2 Å². The van der Waals surface area contributed by atoms with E-state index in [1.54, 1.807) is 10.6 Å². The van der Waals surface area contributed by atoms with Crippen LogP contribution in [0.2, 0.25) is 0 Å². The Kier molecular flexibility index (Phi) is 6.53. The first-order valence-electron chi connectivity index (χ1n) is 9.11. The van der Waals surface area contributed by atoms with Crippen LogP contribution in [0.3, 0.4) is 0 Å². The molecule has 0 aliphatic rings. The molecule has 1 amide bonds. The molecule has 0 atom stereocenters. The van der Waals surface area contributed by atoms with Crippen LogP contribution < -0.4 is 10.1 Å². The number of carbonyl (C=O) groups is 1. The van der Waals surface area contributed by atoms with E-state index in [9.17, 15) is 9.18 Å². The summed E-state index contributed by atoms with van der Waals surface area (Å²) in [5.74, 6) is 1.02. The summed E-state index contributed by atoms with van der Waals surface area (Å²) >= 11 is 1.26. The maximum absolute atomic E-state index is 13.4. The van der Waals surface area contributed by atoms with E-state index in [0.717, 1.165) is 22.4 Å². The van der Waals surface area contributed by atoms with E-state index in [1.807, 2.05) is 46.0 Å². The molecule has 0 aliphatic carbocycles. The fourth-order valence-corrected chi connectivity index (χ4v) is 3.54. The lowest BCUT2D eigenvalue weighted by molar-refractivity contribution is -0.113. The number of halogens is 1. The molecule has 0 spiro atoms. The van der Waals surface area contributed by atoms with Crippen LogP contribution in [0.4, 0.5) is 10.1 Å². The number of nitrogens with zero attached hydrogens (tertiary/aromatic N) is 3. The van der Waals surface area contributed by atoms with Crippen molar-refractivity contribution in [2.75, 3.05) is 11.1 Å².